The molecule has 4 heteroatoms. The van der Waals surface area contributed by atoms with Crippen LogP contribution in [0.25, 0.3) is 0 Å². The van der Waals surface area contributed by atoms with Gasteiger partial charge in [0.2, 0.25) is 0 Å². The minimum atomic E-state index is 0.512. The highest BCUT2D eigenvalue weighted by molar-refractivity contribution is 5.34. The van der Waals surface area contributed by atoms with Gasteiger partial charge >= 0.3 is 0 Å². The molecule has 15 heavy (non-hydrogen) atoms. The van der Waals surface area contributed by atoms with Crippen LogP contribution in [0.4, 0.5) is 5.82 Å². The van der Waals surface area contributed by atoms with Crippen LogP contribution in [0.5, 0.6) is 0 Å². The summed E-state index contributed by atoms with van der Waals surface area (Å²) in [5.74, 6) is 1.66. The molecule has 1 aromatic heterocycles. The molecule has 2 atom stereocenters. The van der Waals surface area contributed by atoms with Crippen molar-refractivity contribution in [2.24, 2.45) is 5.92 Å². The van der Waals surface area contributed by atoms with Gasteiger partial charge in [-0.15, -0.1) is 5.10 Å². The Morgan fingerprint density at radius 3 is 2.93 bits per heavy atom. The van der Waals surface area contributed by atoms with Crippen molar-refractivity contribution in [2.75, 3.05) is 18.8 Å². The van der Waals surface area contributed by atoms with Gasteiger partial charge in [-0.25, -0.2) is 0 Å². The van der Waals surface area contributed by atoms with E-state index in [1.54, 1.807) is 0 Å². The van der Waals surface area contributed by atoms with Crippen molar-refractivity contribution in [3.05, 3.63) is 17.3 Å². The van der Waals surface area contributed by atoms with Crippen LogP contribution in [0.1, 0.15) is 30.5 Å². The Balaban J connectivity index is 2.27. The highest BCUT2D eigenvalue weighted by Gasteiger charge is 2.25. The second-order valence-corrected chi connectivity index (χ2v) is 4.41. The number of piperidine rings is 1. The largest absolute Gasteiger partial charge is 0.382 e. The molecule has 2 rings (SSSR count). The first-order chi connectivity index (χ1) is 7.18. The van der Waals surface area contributed by atoms with Gasteiger partial charge in [0.15, 0.2) is 0 Å². The molecule has 0 aliphatic carbocycles. The number of rotatable bonds is 1. The molecule has 4 nitrogen and oxygen atoms in total. The predicted molar refractivity (Wildman–Crippen MR) is 60.6 cm³/mol. The second kappa shape index (κ2) is 4.14. The number of anilines is 1. The van der Waals surface area contributed by atoms with Crippen molar-refractivity contribution in [1.29, 1.82) is 0 Å². The minimum absolute atomic E-state index is 0.512. The number of nitrogens with zero attached hydrogens (tertiary/aromatic N) is 2. The lowest BCUT2D eigenvalue weighted by Crippen LogP contribution is -2.34. The van der Waals surface area contributed by atoms with E-state index in [4.69, 9.17) is 5.73 Å². The van der Waals surface area contributed by atoms with E-state index in [0.717, 1.165) is 25.2 Å². The Kier molecular flexibility index (Phi) is 2.86. The molecule has 82 valence electrons. The number of nitrogens with two attached hydrogens (primary N) is 1. The molecule has 3 N–H and O–H groups in total. The van der Waals surface area contributed by atoms with Gasteiger partial charge < -0.3 is 11.1 Å². The van der Waals surface area contributed by atoms with Gasteiger partial charge in [0, 0.05) is 5.92 Å². The van der Waals surface area contributed by atoms with E-state index in [0.29, 0.717) is 17.7 Å². The average molecular weight is 206 g/mol. The molecular formula is C11H18N4. The normalized spacial score (nSPS) is 26.5. The molecule has 1 aliphatic rings. The molecule has 1 aliphatic heterocycles. The number of hydrogen-bond acceptors (Lipinski definition) is 4. The molecule has 0 saturated carbocycles. The Hall–Kier alpha value is -1.16. The van der Waals surface area contributed by atoms with Crippen LogP contribution in [0.15, 0.2) is 6.07 Å². The van der Waals surface area contributed by atoms with Crippen LogP contribution in [-0.4, -0.2) is 23.3 Å². The highest BCUT2D eigenvalue weighted by atomic mass is 15.1. The molecule has 0 unspecified atom stereocenters. The lowest BCUT2D eigenvalue weighted by molar-refractivity contribution is 0.341. The van der Waals surface area contributed by atoms with Crippen molar-refractivity contribution in [1.82, 2.24) is 15.5 Å². The van der Waals surface area contributed by atoms with Gasteiger partial charge in [-0.3, -0.25) is 0 Å². The van der Waals surface area contributed by atoms with Crippen molar-refractivity contribution in [3.8, 4) is 0 Å². The molecule has 1 aromatic rings. The number of hydrogen-bond donors (Lipinski definition) is 2. The summed E-state index contributed by atoms with van der Waals surface area (Å²) in [4.78, 5) is 0. The van der Waals surface area contributed by atoms with Gasteiger partial charge in [0.05, 0.1) is 5.69 Å². The summed E-state index contributed by atoms with van der Waals surface area (Å²) in [6, 6.07) is 1.91. The molecule has 0 spiro atoms. The summed E-state index contributed by atoms with van der Waals surface area (Å²) < 4.78 is 0. The van der Waals surface area contributed by atoms with E-state index in [9.17, 15) is 0 Å². The predicted octanol–water partition coefficient (Wildman–Crippen LogP) is 1.08. The maximum atomic E-state index is 5.61. The molecule has 1 fully saturated rings. The monoisotopic (exact) mass is 206 g/mol. The van der Waals surface area contributed by atoms with Crippen LogP contribution in [0, 0.1) is 12.8 Å². The summed E-state index contributed by atoms with van der Waals surface area (Å²) in [7, 11) is 0. The second-order valence-electron chi connectivity index (χ2n) is 4.41. The average Bonchev–Trinajstić information content (AvgIpc) is 2.20. The van der Waals surface area contributed by atoms with Crippen LogP contribution in [-0.2, 0) is 0 Å². The maximum absolute atomic E-state index is 5.61. The minimum Gasteiger partial charge on any atom is -0.382 e. The van der Waals surface area contributed by atoms with Crippen molar-refractivity contribution in [3.63, 3.8) is 0 Å². The summed E-state index contributed by atoms with van der Waals surface area (Å²) in [5, 5.41) is 11.6. The van der Waals surface area contributed by atoms with Gasteiger partial charge in [0.1, 0.15) is 5.82 Å². The summed E-state index contributed by atoms with van der Waals surface area (Å²) in [6.07, 6.45) is 1.14. The van der Waals surface area contributed by atoms with Crippen LogP contribution >= 0.6 is 0 Å². The fraction of sp³-hybridized carbons (Fsp3) is 0.636. The van der Waals surface area contributed by atoms with Gasteiger partial charge in [-0.05, 0) is 44.0 Å². The van der Waals surface area contributed by atoms with Crippen LogP contribution < -0.4 is 11.1 Å². The van der Waals surface area contributed by atoms with E-state index in [-0.39, 0.29) is 0 Å². The number of nitrogens with one attached hydrogen (secondary N) is 1. The van der Waals surface area contributed by atoms with Crippen LogP contribution in [0.3, 0.4) is 0 Å². The van der Waals surface area contributed by atoms with Crippen molar-refractivity contribution in [2.45, 2.75) is 26.2 Å². The molecule has 0 aromatic carbocycles. The Bertz CT molecular complexity index is 350. The molecule has 0 amide bonds. The molecule has 0 radical (unpaired) electrons. The summed E-state index contributed by atoms with van der Waals surface area (Å²) >= 11 is 0. The molecule has 2 heterocycles. The van der Waals surface area contributed by atoms with Gasteiger partial charge in [0.25, 0.3) is 0 Å². The fourth-order valence-corrected chi connectivity index (χ4v) is 2.30. The fourth-order valence-electron chi connectivity index (χ4n) is 2.30. The number of aromatic nitrogens is 2. The lowest BCUT2D eigenvalue weighted by atomic mass is 9.84. The first-order valence-electron chi connectivity index (χ1n) is 5.49. The van der Waals surface area contributed by atoms with E-state index < -0.39 is 0 Å². The quantitative estimate of drug-likeness (QED) is 0.721. The van der Waals surface area contributed by atoms with Crippen molar-refractivity contribution < 1.29 is 0 Å². The Morgan fingerprint density at radius 2 is 2.27 bits per heavy atom. The molecule has 0 bridgehead atoms. The smallest absolute Gasteiger partial charge is 0.146 e. The summed E-state index contributed by atoms with van der Waals surface area (Å²) in [5.41, 5.74) is 7.90. The third-order valence-electron chi connectivity index (χ3n) is 3.18. The first kappa shape index (κ1) is 10.4. The van der Waals surface area contributed by atoms with E-state index in [1.165, 1.54) is 5.56 Å². The third-order valence-corrected chi connectivity index (χ3v) is 3.18. The zero-order valence-electron chi connectivity index (χ0n) is 9.33. The lowest BCUT2D eigenvalue weighted by Gasteiger charge is -2.29. The van der Waals surface area contributed by atoms with Gasteiger partial charge in [-0.2, -0.15) is 5.10 Å². The van der Waals surface area contributed by atoms with E-state index in [1.807, 2.05) is 6.07 Å². The van der Waals surface area contributed by atoms with Crippen LogP contribution in [0.2, 0.25) is 0 Å². The molecule has 1 saturated heterocycles. The number of aryl methyl sites for hydroxylation is 1. The standard InChI is InChI=1S/C11H18N4/c1-7-5-10(12)14-15-11(7)9-3-4-13-6-8(9)2/h5,8-9,13H,3-4,6H2,1-2H3,(H2,12,14)/t8-,9-/m0/s1. The Morgan fingerprint density at radius 1 is 1.47 bits per heavy atom. The van der Waals surface area contributed by atoms with Crippen molar-refractivity contribution >= 4 is 5.82 Å². The van der Waals surface area contributed by atoms with Gasteiger partial charge in [-0.1, -0.05) is 6.92 Å². The first-order valence-corrected chi connectivity index (χ1v) is 5.49. The summed E-state index contributed by atoms with van der Waals surface area (Å²) in [6.45, 7) is 6.46. The van der Waals surface area contributed by atoms with E-state index in [2.05, 4.69) is 29.4 Å². The zero-order valence-corrected chi connectivity index (χ0v) is 9.33. The molecular weight excluding hydrogens is 188 g/mol. The Labute approximate surface area is 90.3 Å². The topological polar surface area (TPSA) is 63.8 Å². The third kappa shape index (κ3) is 2.09. The number of nitrogen functional groups attached to an aromatic ring is 1. The maximum Gasteiger partial charge on any atom is 0.146 e. The van der Waals surface area contributed by atoms with E-state index >= 15 is 0 Å². The zero-order chi connectivity index (χ0) is 10.8. The SMILES string of the molecule is Cc1cc(N)nnc1[C@H]1CCNC[C@@H]1C. The highest BCUT2D eigenvalue weighted by Crippen LogP contribution is 2.30.